The predicted octanol–water partition coefficient (Wildman–Crippen LogP) is 3.75. The maximum atomic E-state index is 12.5. The van der Waals surface area contributed by atoms with Crippen LogP contribution in [0, 0.1) is 0 Å². The van der Waals surface area contributed by atoms with Crippen LogP contribution in [0.3, 0.4) is 0 Å². The number of amides is 1. The second kappa shape index (κ2) is 5.94. The quantitative estimate of drug-likeness (QED) is 0.808. The van der Waals surface area contributed by atoms with E-state index < -0.39 is 5.38 Å². The number of fused-ring (bicyclic) bond motifs is 1. The number of hydrogen-bond donors (Lipinski definition) is 0. The maximum Gasteiger partial charge on any atom is 0.245 e. The van der Waals surface area contributed by atoms with Crippen molar-refractivity contribution in [3.8, 4) is 5.75 Å². The summed E-state index contributed by atoms with van der Waals surface area (Å²) in [4.78, 5) is 14.4. The van der Waals surface area contributed by atoms with Gasteiger partial charge in [0.05, 0.1) is 7.11 Å². The molecule has 0 radical (unpaired) electrons. The van der Waals surface area contributed by atoms with Crippen LogP contribution in [0.5, 0.6) is 5.75 Å². The van der Waals surface area contributed by atoms with E-state index in [0.29, 0.717) is 0 Å². The average Bonchev–Trinajstić information content (AvgIpc) is 3.07. The van der Waals surface area contributed by atoms with E-state index in [2.05, 4.69) is 0 Å². The number of carbonyl (C=O) groups excluding carboxylic acids is 1. The van der Waals surface area contributed by atoms with Crippen LogP contribution in [0.2, 0.25) is 0 Å². The van der Waals surface area contributed by atoms with Crippen molar-refractivity contribution in [2.24, 2.45) is 0 Å². The number of hydrogen-bond acceptors (Lipinski definition) is 2. The highest BCUT2D eigenvalue weighted by atomic mass is 35.5. The lowest BCUT2D eigenvalue weighted by molar-refractivity contribution is -0.129. The van der Waals surface area contributed by atoms with E-state index >= 15 is 0 Å². The van der Waals surface area contributed by atoms with Crippen LogP contribution in [0.4, 0.5) is 0 Å². The summed E-state index contributed by atoms with van der Waals surface area (Å²) in [6.07, 6.45) is 2.14. The minimum absolute atomic E-state index is 0.00415. The fourth-order valence-corrected chi connectivity index (χ4v) is 3.25. The SMILES string of the molecule is COc1ccc(C(Cl)C(=O)N2CCCC2)c2ccccc12. The third kappa shape index (κ3) is 2.58. The first-order valence-electron chi connectivity index (χ1n) is 7.21. The Kier molecular flexibility index (Phi) is 4.02. The molecule has 0 saturated carbocycles. The summed E-state index contributed by atoms with van der Waals surface area (Å²) in [5.74, 6) is 0.802. The minimum atomic E-state index is -0.640. The zero-order valence-corrected chi connectivity index (χ0v) is 12.8. The van der Waals surface area contributed by atoms with Gasteiger partial charge < -0.3 is 9.64 Å². The van der Waals surface area contributed by atoms with Gasteiger partial charge in [0, 0.05) is 18.5 Å². The fraction of sp³-hybridized carbons (Fsp3) is 0.353. The largest absolute Gasteiger partial charge is 0.496 e. The molecule has 1 heterocycles. The molecule has 4 heteroatoms. The number of benzene rings is 2. The van der Waals surface area contributed by atoms with Crippen LogP contribution in [-0.2, 0) is 4.79 Å². The van der Waals surface area contributed by atoms with Gasteiger partial charge in [0.2, 0.25) is 5.91 Å². The molecule has 2 aromatic rings. The summed E-state index contributed by atoms with van der Waals surface area (Å²) < 4.78 is 5.38. The van der Waals surface area contributed by atoms with E-state index in [9.17, 15) is 4.79 Å². The smallest absolute Gasteiger partial charge is 0.245 e. The molecule has 1 saturated heterocycles. The Morgan fingerprint density at radius 2 is 1.81 bits per heavy atom. The van der Waals surface area contributed by atoms with Gasteiger partial charge in [0.25, 0.3) is 0 Å². The van der Waals surface area contributed by atoms with Crippen LogP contribution in [0.1, 0.15) is 23.8 Å². The first kappa shape index (κ1) is 14.2. The third-order valence-corrected chi connectivity index (χ3v) is 4.47. The van der Waals surface area contributed by atoms with Gasteiger partial charge in [-0.1, -0.05) is 30.3 Å². The number of nitrogens with zero attached hydrogens (tertiary/aromatic N) is 1. The highest BCUT2D eigenvalue weighted by Crippen LogP contribution is 2.35. The molecule has 0 aromatic heterocycles. The van der Waals surface area contributed by atoms with Gasteiger partial charge in [-0.25, -0.2) is 0 Å². The Bertz CT molecular complexity index is 665. The monoisotopic (exact) mass is 303 g/mol. The lowest BCUT2D eigenvalue weighted by Gasteiger charge is -2.20. The second-order valence-corrected chi connectivity index (χ2v) is 5.73. The second-order valence-electron chi connectivity index (χ2n) is 5.30. The number of likely N-dealkylation sites (tertiary alicyclic amines) is 1. The van der Waals surface area contributed by atoms with Crippen molar-refractivity contribution in [1.29, 1.82) is 0 Å². The van der Waals surface area contributed by atoms with Gasteiger partial charge in [-0.3, -0.25) is 4.79 Å². The maximum absolute atomic E-state index is 12.5. The normalized spacial score (nSPS) is 16.2. The van der Waals surface area contributed by atoms with Crippen LogP contribution in [0.25, 0.3) is 10.8 Å². The van der Waals surface area contributed by atoms with Gasteiger partial charge >= 0.3 is 0 Å². The van der Waals surface area contributed by atoms with Crippen LogP contribution < -0.4 is 4.74 Å². The van der Waals surface area contributed by atoms with Gasteiger partial charge in [0.15, 0.2) is 0 Å². The molecule has 21 heavy (non-hydrogen) atoms. The zero-order valence-electron chi connectivity index (χ0n) is 12.0. The summed E-state index contributed by atoms with van der Waals surface area (Å²) in [5, 5.41) is 1.32. The lowest BCUT2D eigenvalue weighted by Crippen LogP contribution is -2.30. The number of halogens is 1. The Balaban J connectivity index is 2.02. The number of carbonyl (C=O) groups is 1. The average molecular weight is 304 g/mol. The molecule has 0 bridgehead atoms. The summed E-state index contributed by atoms with van der Waals surface area (Å²) in [7, 11) is 1.65. The first-order chi connectivity index (χ1) is 10.2. The fourth-order valence-electron chi connectivity index (χ4n) is 2.92. The molecule has 3 nitrogen and oxygen atoms in total. The molecule has 0 N–H and O–H groups in total. The third-order valence-electron chi connectivity index (χ3n) is 4.05. The summed E-state index contributed by atoms with van der Waals surface area (Å²) in [6.45, 7) is 1.63. The molecular weight excluding hydrogens is 286 g/mol. The first-order valence-corrected chi connectivity index (χ1v) is 7.64. The summed E-state index contributed by atoms with van der Waals surface area (Å²) >= 11 is 6.48. The molecule has 1 atom stereocenters. The van der Waals surface area contributed by atoms with Crippen molar-refractivity contribution in [1.82, 2.24) is 4.90 Å². The topological polar surface area (TPSA) is 29.5 Å². The Morgan fingerprint density at radius 3 is 2.48 bits per heavy atom. The lowest BCUT2D eigenvalue weighted by atomic mass is 10.0. The van der Waals surface area contributed by atoms with Gasteiger partial charge in [-0.05, 0) is 29.9 Å². The molecule has 3 rings (SSSR count). The Labute approximate surface area is 129 Å². The molecule has 1 fully saturated rings. The molecule has 110 valence electrons. The van der Waals surface area contributed by atoms with Crippen molar-refractivity contribution >= 4 is 28.3 Å². The van der Waals surface area contributed by atoms with Gasteiger partial charge in [0.1, 0.15) is 11.1 Å². The molecule has 0 spiro atoms. The Hall–Kier alpha value is -1.74. The standard InChI is InChI=1S/C17H18ClNO2/c1-21-15-9-8-14(12-6-2-3-7-13(12)15)16(18)17(20)19-10-4-5-11-19/h2-3,6-9,16H,4-5,10-11H2,1H3. The van der Waals surface area contributed by atoms with Crippen molar-refractivity contribution in [2.75, 3.05) is 20.2 Å². The van der Waals surface area contributed by atoms with Gasteiger partial charge in [-0.15, -0.1) is 11.6 Å². The zero-order chi connectivity index (χ0) is 14.8. The van der Waals surface area contributed by atoms with E-state index in [1.165, 1.54) is 0 Å². The van der Waals surface area contributed by atoms with Crippen molar-refractivity contribution in [3.63, 3.8) is 0 Å². The van der Waals surface area contributed by atoms with E-state index in [4.69, 9.17) is 16.3 Å². The number of alkyl halides is 1. The van der Waals surface area contributed by atoms with Crippen LogP contribution in [0.15, 0.2) is 36.4 Å². The number of rotatable bonds is 3. The van der Waals surface area contributed by atoms with Crippen LogP contribution in [-0.4, -0.2) is 31.0 Å². The Morgan fingerprint density at radius 1 is 1.14 bits per heavy atom. The van der Waals surface area contributed by atoms with Crippen molar-refractivity contribution < 1.29 is 9.53 Å². The molecule has 1 unspecified atom stereocenters. The number of methoxy groups -OCH3 is 1. The highest BCUT2D eigenvalue weighted by Gasteiger charge is 2.27. The van der Waals surface area contributed by atoms with E-state index in [-0.39, 0.29) is 5.91 Å². The van der Waals surface area contributed by atoms with Crippen molar-refractivity contribution in [3.05, 3.63) is 42.0 Å². The molecule has 1 aliphatic heterocycles. The van der Waals surface area contributed by atoms with Crippen LogP contribution >= 0.6 is 11.6 Å². The van der Waals surface area contributed by atoms with Gasteiger partial charge in [-0.2, -0.15) is 0 Å². The molecule has 2 aromatic carbocycles. The molecule has 1 amide bonds. The minimum Gasteiger partial charge on any atom is -0.496 e. The van der Waals surface area contributed by atoms with Crippen molar-refractivity contribution in [2.45, 2.75) is 18.2 Å². The molecular formula is C17H18ClNO2. The highest BCUT2D eigenvalue weighted by molar-refractivity contribution is 6.31. The molecule has 1 aliphatic rings. The van der Waals surface area contributed by atoms with E-state index in [0.717, 1.165) is 48.0 Å². The summed E-state index contributed by atoms with van der Waals surface area (Å²) in [6, 6.07) is 11.7. The van der Waals surface area contributed by atoms with E-state index in [1.807, 2.05) is 41.3 Å². The molecule has 0 aliphatic carbocycles. The van der Waals surface area contributed by atoms with E-state index in [1.54, 1.807) is 7.11 Å². The number of ether oxygens (including phenoxy) is 1. The predicted molar refractivity (Wildman–Crippen MR) is 84.9 cm³/mol. The summed E-state index contributed by atoms with van der Waals surface area (Å²) in [5.41, 5.74) is 0.852.